The molecule has 2 amide bonds. The van der Waals surface area contributed by atoms with Gasteiger partial charge in [0, 0.05) is 25.4 Å². The van der Waals surface area contributed by atoms with Gasteiger partial charge in [-0.1, -0.05) is 0 Å². The highest BCUT2D eigenvalue weighted by Crippen LogP contribution is 2.08. The van der Waals surface area contributed by atoms with Gasteiger partial charge in [0.1, 0.15) is 10.6 Å². The number of amides is 2. The number of nitrogens with zero attached hydrogens (tertiary/aromatic N) is 2. The highest BCUT2D eigenvalue weighted by atomic mass is 79.9. The molecule has 6 heteroatoms. The van der Waals surface area contributed by atoms with Crippen molar-refractivity contribution in [2.24, 2.45) is 0 Å². The molecule has 1 atom stereocenters. The van der Waals surface area contributed by atoms with Crippen molar-refractivity contribution in [1.29, 1.82) is 0 Å². The average Bonchev–Trinajstić information content (AvgIpc) is 2.36. The third kappa shape index (κ3) is 3.80. The van der Waals surface area contributed by atoms with Gasteiger partial charge in [-0.05, 0) is 41.9 Å². The molecule has 5 nitrogen and oxygen atoms in total. The van der Waals surface area contributed by atoms with Gasteiger partial charge in [-0.15, -0.1) is 0 Å². The summed E-state index contributed by atoms with van der Waals surface area (Å²) in [4.78, 5) is 29.2. The van der Waals surface area contributed by atoms with Crippen molar-refractivity contribution < 1.29 is 9.59 Å². The van der Waals surface area contributed by atoms with E-state index < -0.39 is 6.04 Å². The van der Waals surface area contributed by atoms with E-state index in [0.717, 1.165) is 0 Å². The summed E-state index contributed by atoms with van der Waals surface area (Å²) in [6.45, 7) is 4.16. The lowest BCUT2D eigenvalue weighted by Gasteiger charge is -2.20. The first kappa shape index (κ1) is 14.6. The Morgan fingerprint density at radius 3 is 2.78 bits per heavy atom. The van der Waals surface area contributed by atoms with Crippen LogP contribution < -0.4 is 5.32 Å². The van der Waals surface area contributed by atoms with E-state index in [0.29, 0.717) is 16.7 Å². The van der Waals surface area contributed by atoms with Crippen LogP contribution in [-0.4, -0.2) is 41.3 Å². The van der Waals surface area contributed by atoms with Crippen molar-refractivity contribution in [3.63, 3.8) is 0 Å². The van der Waals surface area contributed by atoms with Crippen LogP contribution in [0.25, 0.3) is 0 Å². The Labute approximate surface area is 115 Å². The molecule has 1 rings (SSSR count). The van der Waals surface area contributed by atoms with Crippen molar-refractivity contribution in [2.75, 3.05) is 13.6 Å². The molecular formula is C12H16BrN3O2. The number of carbonyl (C=O) groups is 2. The predicted molar refractivity (Wildman–Crippen MR) is 72.2 cm³/mol. The Balaban J connectivity index is 2.68. The summed E-state index contributed by atoms with van der Waals surface area (Å²) >= 11 is 3.19. The largest absolute Gasteiger partial charge is 0.344 e. The van der Waals surface area contributed by atoms with Crippen LogP contribution in [0.4, 0.5) is 0 Å². The number of hydrogen-bond acceptors (Lipinski definition) is 3. The summed E-state index contributed by atoms with van der Waals surface area (Å²) in [6, 6.07) is 2.66. The maximum absolute atomic E-state index is 11.9. The number of aromatic nitrogens is 1. The Morgan fingerprint density at radius 2 is 2.22 bits per heavy atom. The molecule has 0 radical (unpaired) electrons. The molecule has 1 aromatic rings. The molecule has 0 aliphatic heterocycles. The molecule has 0 fully saturated rings. The van der Waals surface area contributed by atoms with Gasteiger partial charge in [0.2, 0.25) is 5.91 Å². The minimum atomic E-state index is -0.547. The van der Waals surface area contributed by atoms with Crippen LogP contribution in [0.2, 0.25) is 0 Å². The Kier molecular flexibility index (Phi) is 5.27. The Hall–Kier alpha value is -1.43. The zero-order valence-electron chi connectivity index (χ0n) is 10.6. The lowest BCUT2D eigenvalue weighted by molar-refractivity contribution is -0.131. The lowest BCUT2D eigenvalue weighted by Crippen LogP contribution is -2.45. The number of rotatable bonds is 4. The highest BCUT2D eigenvalue weighted by molar-refractivity contribution is 9.10. The van der Waals surface area contributed by atoms with E-state index in [2.05, 4.69) is 26.2 Å². The monoisotopic (exact) mass is 313 g/mol. The van der Waals surface area contributed by atoms with E-state index in [1.807, 2.05) is 6.92 Å². The third-order valence-corrected chi connectivity index (χ3v) is 2.99. The average molecular weight is 314 g/mol. The molecule has 1 unspecified atom stereocenters. The fourth-order valence-corrected chi connectivity index (χ4v) is 1.74. The van der Waals surface area contributed by atoms with Crippen molar-refractivity contribution in [1.82, 2.24) is 15.2 Å². The van der Waals surface area contributed by atoms with Crippen LogP contribution in [0, 0.1) is 0 Å². The van der Waals surface area contributed by atoms with Crippen molar-refractivity contribution in [3.05, 3.63) is 28.5 Å². The van der Waals surface area contributed by atoms with Gasteiger partial charge in [0.15, 0.2) is 0 Å². The predicted octanol–water partition coefficient (Wildman–Crippen LogP) is 1.44. The number of nitrogens with one attached hydrogen (secondary N) is 1. The first-order valence-electron chi connectivity index (χ1n) is 5.63. The van der Waals surface area contributed by atoms with E-state index in [4.69, 9.17) is 0 Å². The smallest absolute Gasteiger partial charge is 0.252 e. The minimum Gasteiger partial charge on any atom is -0.344 e. The lowest BCUT2D eigenvalue weighted by atomic mass is 10.2. The molecule has 0 aliphatic rings. The van der Waals surface area contributed by atoms with Gasteiger partial charge in [-0.2, -0.15) is 0 Å². The van der Waals surface area contributed by atoms with E-state index in [1.54, 1.807) is 31.0 Å². The molecular weight excluding hydrogens is 298 g/mol. The summed E-state index contributed by atoms with van der Waals surface area (Å²) in [5, 5.41) is 2.66. The normalized spacial score (nSPS) is 11.8. The molecule has 0 spiro atoms. The molecule has 1 heterocycles. The van der Waals surface area contributed by atoms with Gasteiger partial charge in [-0.3, -0.25) is 9.59 Å². The summed E-state index contributed by atoms with van der Waals surface area (Å²) in [5.74, 6) is -0.401. The van der Waals surface area contributed by atoms with Crippen LogP contribution in [0.3, 0.4) is 0 Å². The molecule has 0 saturated carbocycles. The van der Waals surface area contributed by atoms with Gasteiger partial charge >= 0.3 is 0 Å². The number of carbonyl (C=O) groups excluding carboxylic acids is 2. The molecule has 18 heavy (non-hydrogen) atoms. The van der Waals surface area contributed by atoms with Crippen LogP contribution in [0.15, 0.2) is 22.9 Å². The molecule has 0 bridgehead atoms. The van der Waals surface area contributed by atoms with Crippen molar-refractivity contribution in [3.8, 4) is 0 Å². The van der Waals surface area contributed by atoms with Crippen LogP contribution in [0.1, 0.15) is 24.2 Å². The topological polar surface area (TPSA) is 62.3 Å². The second-order valence-corrected chi connectivity index (χ2v) is 4.73. The van der Waals surface area contributed by atoms with E-state index in [9.17, 15) is 9.59 Å². The van der Waals surface area contributed by atoms with E-state index >= 15 is 0 Å². The molecule has 0 saturated heterocycles. The number of pyridine rings is 1. The van der Waals surface area contributed by atoms with Crippen LogP contribution >= 0.6 is 15.9 Å². The van der Waals surface area contributed by atoms with Crippen LogP contribution in [0.5, 0.6) is 0 Å². The number of hydrogen-bond donors (Lipinski definition) is 1. The first-order valence-corrected chi connectivity index (χ1v) is 6.42. The standard InChI is InChI=1S/C12H16BrN3O2/c1-4-16(3)12(18)8(2)15-11(17)9-5-6-14-10(13)7-9/h5-8H,4H2,1-3H3,(H,15,17). The SMILES string of the molecule is CCN(C)C(=O)C(C)NC(=O)c1ccnc(Br)c1. The fraction of sp³-hybridized carbons (Fsp3) is 0.417. The minimum absolute atomic E-state index is 0.112. The summed E-state index contributed by atoms with van der Waals surface area (Å²) in [7, 11) is 1.70. The zero-order valence-corrected chi connectivity index (χ0v) is 12.2. The highest BCUT2D eigenvalue weighted by Gasteiger charge is 2.19. The summed E-state index contributed by atoms with van der Waals surface area (Å²) < 4.78 is 0.583. The van der Waals surface area contributed by atoms with E-state index in [1.165, 1.54) is 6.20 Å². The molecule has 1 aromatic heterocycles. The molecule has 1 N–H and O–H groups in total. The Morgan fingerprint density at radius 1 is 1.56 bits per heavy atom. The second-order valence-electron chi connectivity index (χ2n) is 3.91. The second kappa shape index (κ2) is 6.49. The van der Waals surface area contributed by atoms with Gasteiger partial charge < -0.3 is 10.2 Å². The Bertz CT molecular complexity index is 451. The number of likely N-dealkylation sites (N-methyl/N-ethyl adjacent to an activating group) is 1. The fourth-order valence-electron chi connectivity index (χ4n) is 1.37. The molecule has 0 aromatic carbocycles. The quantitative estimate of drug-likeness (QED) is 0.856. The maximum Gasteiger partial charge on any atom is 0.252 e. The van der Waals surface area contributed by atoms with E-state index in [-0.39, 0.29) is 11.8 Å². The number of halogens is 1. The van der Waals surface area contributed by atoms with Crippen LogP contribution in [-0.2, 0) is 4.79 Å². The summed E-state index contributed by atoms with van der Waals surface area (Å²) in [6.07, 6.45) is 1.53. The van der Waals surface area contributed by atoms with Gasteiger partial charge in [0.05, 0.1) is 0 Å². The molecule has 98 valence electrons. The van der Waals surface area contributed by atoms with Gasteiger partial charge in [-0.25, -0.2) is 4.98 Å². The molecule has 0 aliphatic carbocycles. The van der Waals surface area contributed by atoms with Gasteiger partial charge in [0.25, 0.3) is 5.91 Å². The van der Waals surface area contributed by atoms with Crippen molar-refractivity contribution in [2.45, 2.75) is 19.9 Å². The summed E-state index contributed by atoms with van der Waals surface area (Å²) in [5.41, 5.74) is 0.468. The third-order valence-electron chi connectivity index (χ3n) is 2.56. The zero-order chi connectivity index (χ0) is 13.7. The maximum atomic E-state index is 11.9. The van der Waals surface area contributed by atoms with Crippen molar-refractivity contribution >= 4 is 27.7 Å². The first-order chi connectivity index (χ1) is 8.45.